The Morgan fingerprint density at radius 1 is 1.17 bits per heavy atom. The van der Waals surface area contributed by atoms with Crippen molar-refractivity contribution in [3.63, 3.8) is 0 Å². The molecule has 0 spiro atoms. The molecule has 18 heavy (non-hydrogen) atoms. The maximum absolute atomic E-state index is 11.6. The summed E-state index contributed by atoms with van der Waals surface area (Å²) in [7, 11) is 0. The Labute approximate surface area is 109 Å². The number of urea groups is 1. The number of nitrogens with one attached hydrogen (secondary N) is 2. The average molecular weight is 256 g/mol. The number of carbonyl (C=O) groups excluding carboxylic acids is 1. The minimum Gasteiger partial charge on any atom is -0.378 e. The van der Waals surface area contributed by atoms with Crippen molar-refractivity contribution >= 4 is 6.03 Å². The van der Waals surface area contributed by atoms with Gasteiger partial charge in [0.05, 0.1) is 12.2 Å². The highest BCUT2D eigenvalue weighted by Crippen LogP contribution is 2.18. The molecule has 2 saturated heterocycles. The van der Waals surface area contributed by atoms with E-state index in [1.807, 2.05) is 0 Å². The first-order valence-electron chi connectivity index (χ1n) is 6.99. The first-order valence-corrected chi connectivity index (χ1v) is 6.99. The van der Waals surface area contributed by atoms with Crippen molar-refractivity contribution in [1.29, 1.82) is 0 Å². The van der Waals surface area contributed by atoms with Gasteiger partial charge in [0.1, 0.15) is 0 Å². The van der Waals surface area contributed by atoms with Crippen molar-refractivity contribution < 1.29 is 14.3 Å². The summed E-state index contributed by atoms with van der Waals surface area (Å²) < 4.78 is 10.9. The number of amides is 2. The summed E-state index contributed by atoms with van der Waals surface area (Å²) in [6.07, 6.45) is 4.76. The van der Waals surface area contributed by atoms with Gasteiger partial charge in [0.2, 0.25) is 0 Å². The van der Waals surface area contributed by atoms with Crippen LogP contribution >= 0.6 is 0 Å². The minimum absolute atomic E-state index is 0.0790. The van der Waals surface area contributed by atoms with Gasteiger partial charge in [-0.15, -0.1) is 0 Å². The van der Waals surface area contributed by atoms with Crippen LogP contribution in [0.2, 0.25) is 0 Å². The highest BCUT2D eigenvalue weighted by atomic mass is 16.5. The van der Waals surface area contributed by atoms with Crippen LogP contribution in [-0.4, -0.2) is 44.5 Å². The fourth-order valence-electron chi connectivity index (χ4n) is 2.59. The second-order valence-corrected chi connectivity index (χ2v) is 5.30. The van der Waals surface area contributed by atoms with Crippen molar-refractivity contribution in [2.24, 2.45) is 5.92 Å². The average Bonchev–Trinajstić information content (AvgIpc) is 2.87. The highest BCUT2D eigenvalue weighted by Gasteiger charge is 2.20. The van der Waals surface area contributed by atoms with E-state index in [0.29, 0.717) is 18.6 Å². The van der Waals surface area contributed by atoms with Gasteiger partial charge >= 0.3 is 6.03 Å². The van der Waals surface area contributed by atoms with Crippen LogP contribution in [-0.2, 0) is 9.47 Å². The van der Waals surface area contributed by atoms with Crippen molar-refractivity contribution in [2.75, 3.05) is 26.3 Å². The van der Waals surface area contributed by atoms with Crippen molar-refractivity contribution in [2.45, 2.75) is 44.8 Å². The Morgan fingerprint density at radius 3 is 2.72 bits per heavy atom. The highest BCUT2D eigenvalue weighted by molar-refractivity contribution is 5.73. The van der Waals surface area contributed by atoms with E-state index in [2.05, 4.69) is 17.6 Å². The summed E-state index contributed by atoms with van der Waals surface area (Å²) >= 11 is 0. The molecule has 2 N–H and O–H groups in total. The summed E-state index contributed by atoms with van der Waals surface area (Å²) in [5.41, 5.74) is 0. The lowest BCUT2D eigenvalue weighted by Crippen LogP contribution is -2.42. The van der Waals surface area contributed by atoms with E-state index >= 15 is 0 Å². The molecule has 0 aromatic carbocycles. The smallest absolute Gasteiger partial charge is 0.314 e. The molecule has 0 aliphatic carbocycles. The minimum atomic E-state index is -0.0790. The van der Waals surface area contributed by atoms with E-state index < -0.39 is 0 Å². The van der Waals surface area contributed by atoms with Gasteiger partial charge in [-0.05, 0) is 38.5 Å². The molecule has 0 radical (unpaired) electrons. The fourth-order valence-corrected chi connectivity index (χ4v) is 2.59. The van der Waals surface area contributed by atoms with Crippen LogP contribution in [0.3, 0.4) is 0 Å². The predicted octanol–water partition coefficient (Wildman–Crippen LogP) is 1.28. The van der Waals surface area contributed by atoms with E-state index in [-0.39, 0.29) is 12.1 Å². The first-order chi connectivity index (χ1) is 8.74. The summed E-state index contributed by atoms with van der Waals surface area (Å²) in [5, 5.41) is 5.80. The van der Waals surface area contributed by atoms with Crippen LogP contribution in [0.15, 0.2) is 0 Å². The third-order valence-corrected chi connectivity index (χ3v) is 3.66. The van der Waals surface area contributed by atoms with Crippen LogP contribution in [0.5, 0.6) is 0 Å². The molecule has 5 heteroatoms. The van der Waals surface area contributed by atoms with Gasteiger partial charge in [-0.3, -0.25) is 0 Å². The predicted molar refractivity (Wildman–Crippen MR) is 68.5 cm³/mol. The molecule has 104 valence electrons. The second kappa shape index (κ2) is 6.95. The molecule has 2 amide bonds. The molecule has 5 nitrogen and oxygen atoms in total. The van der Waals surface area contributed by atoms with Crippen LogP contribution in [0.4, 0.5) is 4.79 Å². The molecule has 0 saturated carbocycles. The molecule has 2 heterocycles. The molecular weight excluding hydrogens is 232 g/mol. The zero-order valence-electron chi connectivity index (χ0n) is 11.1. The third kappa shape index (κ3) is 4.46. The Kier molecular flexibility index (Phi) is 5.26. The quantitative estimate of drug-likeness (QED) is 0.796. The molecule has 2 aliphatic heterocycles. The van der Waals surface area contributed by atoms with Gasteiger partial charge in [0.25, 0.3) is 0 Å². The topological polar surface area (TPSA) is 59.6 Å². The fraction of sp³-hybridized carbons (Fsp3) is 0.923. The molecule has 2 aliphatic rings. The Morgan fingerprint density at radius 2 is 2.00 bits per heavy atom. The standard InChI is InChI=1S/C13H24N2O3/c1-10-7-11(4-6-17-10)8-14-13(16)15-9-12-3-2-5-18-12/h10-12H,2-9H2,1H3,(H2,14,15,16)/t10-,11-,12+/m1/s1. The summed E-state index contributed by atoms with van der Waals surface area (Å²) in [6, 6.07) is -0.0790. The van der Waals surface area contributed by atoms with E-state index in [0.717, 1.165) is 45.4 Å². The van der Waals surface area contributed by atoms with Gasteiger partial charge < -0.3 is 20.1 Å². The number of carbonyl (C=O) groups is 1. The molecule has 0 unspecified atom stereocenters. The number of rotatable bonds is 4. The largest absolute Gasteiger partial charge is 0.378 e. The van der Waals surface area contributed by atoms with E-state index in [9.17, 15) is 4.79 Å². The van der Waals surface area contributed by atoms with Crippen molar-refractivity contribution in [3.05, 3.63) is 0 Å². The number of ether oxygens (including phenoxy) is 2. The maximum atomic E-state index is 11.6. The summed E-state index contributed by atoms with van der Waals surface area (Å²) in [6.45, 7) is 5.09. The van der Waals surface area contributed by atoms with Gasteiger partial charge in [0, 0.05) is 26.3 Å². The van der Waals surface area contributed by atoms with Gasteiger partial charge in [0.15, 0.2) is 0 Å². The van der Waals surface area contributed by atoms with Crippen LogP contribution in [0.1, 0.15) is 32.6 Å². The molecule has 2 rings (SSSR count). The zero-order valence-corrected chi connectivity index (χ0v) is 11.1. The molecule has 0 bridgehead atoms. The van der Waals surface area contributed by atoms with E-state index in [1.54, 1.807) is 0 Å². The van der Waals surface area contributed by atoms with Gasteiger partial charge in [-0.2, -0.15) is 0 Å². The van der Waals surface area contributed by atoms with Crippen LogP contribution in [0, 0.1) is 5.92 Å². The number of hydrogen-bond acceptors (Lipinski definition) is 3. The first kappa shape index (κ1) is 13.6. The lowest BCUT2D eigenvalue weighted by Gasteiger charge is -2.27. The lowest BCUT2D eigenvalue weighted by atomic mass is 9.96. The monoisotopic (exact) mass is 256 g/mol. The third-order valence-electron chi connectivity index (χ3n) is 3.66. The van der Waals surface area contributed by atoms with Gasteiger partial charge in [-0.25, -0.2) is 4.79 Å². The normalized spacial score (nSPS) is 32.2. The molecule has 3 atom stereocenters. The molecule has 2 fully saturated rings. The zero-order chi connectivity index (χ0) is 12.8. The molecule has 0 aromatic heterocycles. The van der Waals surface area contributed by atoms with Crippen molar-refractivity contribution in [3.8, 4) is 0 Å². The van der Waals surface area contributed by atoms with E-state index in [1.165, 1.54) is 0 Å². The van der Waals surface area contributed by atoms with Crippen LogP contribution < -0.4 is 10.6 Å². The molecular formula is C13H24N2O3. The summed E-state index contributed by atoms with van der Waals surface area (Å²) in [4.78, 5) is 11.6. The van der Waals surface area contributed by atoms with Crippen molar-refractivity contribution in [1.82, 2.24) is 10.6 Å². The SMILES string of the molecule is C[C@@H]1C[C@H](CNC(=O)NC[C@@H]2CCCO2)CCO1. The van der Waals surface area contributed by atoms with E-state index in [4.69, 9.17) is 9.47 Å². The Bertz CT molecular complexity index is 267. The van der Waals surface area contributed by atoms with Gasteiger partial charge in [-0.1, -0.05) is 0 Å². The summed E-state index contributed by atoms with van der Waals surface area (Å²) in [5.74, 6) is 0.544. The Balaban J connectivity index is 1.56. The number of hydrogen-bond donors (Lipinski definition) is 2. The lowest BCUT2D eigenvalue weighted by molar-refractivity contribution is 0.00345. The maximum Gasteiger partial charge on any atom is 0.314 e. The molecule has 0 aromatic rings. The second-order valence-electron chi connectivity index (χ2n) is 5.30. The Hall–Kier alpha value is -0.810. The van der Waals surface area contributed by atoms with Crippen LogP contribution in [0.25, 0.3) is 0 Å².